The van der Waals surface area contributed by atoms with Crippen molar-refractivity contribution in [1.29, 1.82) is 0 Å². The van der Waals surface area contributed by atoms with Crippen LogP contribution in [-0.2, 0) is 13.1 Å². The van der Waals surface area contributed by atoms with Crippen LogP contribution in [0.2, 0.25) is 0 Å². The van der Waals surface area contributed by atoms with E-state index in [1.54, 1.807) is 0 Å². The van der Waals surface area contributed by atoms with Crippen molar-refractivity contribution in [2.45, 2.75) is 38.9 Å². The minimum Gasteiger partial charge on any atom is -0.310 e. The first kappa shape index (κ1) is 13.1. The van der Waals surface area contributed by atoms with Gasteiger partial charge in [-0.1, -0.05) is 18.9 Å². The highest BCUT2D eigenvalue weighted by Crippen LogP contribution is 2.19. The van der Waals surface area contributed by atoms with Gasteiger partial charge < -0.3 is 5.32 Å². The minimum absolute atomic E-state index is 0.684. The van der Waals surface area contributed by atoms with Crippen LogP contribution in [0.3, 0.4) is 0 Å². The number of nitrogens with one attached hydrogen (secondary N) is 1. The summed E-state index contributed by atoms with van der Waals surface area (Å²) in [7, 11) is 0. The molecule has 2 rings (SSSR count). The van der Waals surface area contributed by atoms with Crippen molar-refractivity contribution in [3.8, 4) is 12.3 Å². The Morgan fingerprint density at radius 1 is 1.50 bits per heavy atom. The molecule has 0 radical (unpaired) electrons. The van der Waals surface area contributed by atoms with E-state index in [1.807, 2.05) is 6.20 Å². The molecule has 1 aliphatic carbocycles. The minimum atomic E-state index is 0.684. The number of terminal acetylenes is 1. The first-order valence-corrected chi connectivity index (χ1v) is 6.65. The van der Waals surface area contributed by atoms with Crippen LogP contribution in [0.25, 0.3) is 0 Å². The lowest BCUT2D eigenvalue weighted by atomic mass is 10.2. The number of hydrogen-bond acceptors (Lipinski definition) is 3. The van der Waals surface area contributed by atoms with E-state index < -0.39 is 0 Å². The molecule has 1 aliphatic rings. The zero-order valence-electron chi connectivity index (χ0n) is 11.0. The molecule has 1 aromatic rings. The van der Waals surface area contributed by atoms with Crippen LogP contribution in [-0.4, -0.2) is 29.0 Å². The van der Waals surface area contributed by atoms with E-state index in [0.717, 1.165) is 31.4 Å². The van der Waals surface area contributed by atoms with Crippen molar-refractivity contribution in [1.82, 2.24) is 15.2 Å². The molecule has 3 nitrogen and oxygen atoms in total. The smallest absolute Gasteiger partial charge is 0.0602 e. The zero-order chi connectivity index (χ0) is 12.8. The van der Waals surface area contributed by atoms with Gasteiger partial charge in [0.1, 0.15) is 0 Å². The van der Waals surface area contributed by atoms with Crippen molar-refractivity contribution in [3.05, 3.63) is 29.6 Å². The molecule has 1 fully saturated rings. The van der Waals surface area contributed by atoms with Crippen molar-refractivity contribution in [3.63, 3.8) is 0 Å². The van der Waals surface area contributed by atoms with Crippen LogP contribution in [0.15, 0.2) is 18.3 Å². The Labute approximate surface area is 110 Å². The standard InChI is InChI=1S/C15H21N3/c1-3-9-18(4-2)12-15-6-5-13(11-17-15)10-16-14-7-8-14/h1,5-6,11,14,16H,4,7-10,12H2,2H3. The van der Waals surface area contributed by atoms with E-state index in [-0.39, 0.29) is 0 Å². The maximum absolute atomic E-state index is 5.34. The molecule has 18 heavy (non-hydrogen) atoms. The third-order valence-electron chi connectivity index (χ3n) is 3.21. The Kier molecular flexibility index (Phi) is 4.74. The van der Waals surface area contributed by atoms with Crippen LogP contribution in [0.5, 0.6) is 0 Å². The van der Waals surface area contributed by atoms with E-state index in [0.29, 0.717) is 6.54 Å². The topological polar surface area (TPSA) is 28.2 Å². The summed E-state index contributed by atoms with van der Waals surface area (Å²) in [6.07, 6.45) is 9.95. The molecule has 96 valence electrons. The molecule has 0 aliphatic heterocycles. The monoisotopic (exact) mass is 243 g/mol. The first-order chi connectivity index (χ1) is 8.81. The number of pyridine rings is 1. The lowest BCUT2D eigenvalue weighted by molar-refractivity contribution is 0.312. The lowest BCUT2D eigenvalue weighted by Crippen LogP contribution is -2.23. The van der Waals surface area contributed by atoms with Crippen LogP contribution >= 0.6 is 0 Å². The second kappa shape index (κ2) is 6.53. The Morgan fingerprint density at radius 2 is 2.33 bits per heavy atom. The van der Waals surface area contributed by atoms with Gasteiger partial charge in [0.15, 0.2) is 0 Å². The number of nitrogens with zero attached hydrogens (tertiary/aromatic N) is 2. The summed E-state index contributed by atoms with van der Waals surface area (Å²) in [5.74, 6) is 2.68. The van der Waals surface area contributed by atoms with Crippen LogP contribution in [0, 0.1) is 12.3 Å². The third kappa shape index (κ3) is 4.14. The van der Waals surface area contributed by atoms with Gasteiger partial charge in [0.05, 0.1) is 12.2 Å². The quantitative estimate of drug-likeness (QED) is 0.740. The molecule has 1 saturated carbocycles. The molecule has 0 atom stereocenters. The fourth-order valence-corrected chi connectivity index (χ4v) is 1.84. The molecule has 0 amide bonds. The van der Waals surface area contributed by atoms with Crippen molar-refractivity contribution >= 4 is 0 Å². The molecular formula is C15H21N3. The molecular weight excluding hydrogens is 222 g/mol. The molecule has 1 N–H and O–H groups in total. The lowest BCUT2D eigenvalue weighted by Gasteiger charge is -2.16. The summed E-state index contributed by atoms with van der Waals surface area (Å²) < 4.78 is 0. The number of rotatable bonds is 7. The maximum Gasteiger partial charge on any atom is 0.0602 e. The number of hydrogen-bond donors (Lipinski definition) is 1. The average Bonchev–Trinajstić information content (AvgIpc) is 3.21. The van der Waals surface area contributed by atoms with E-state index in [9.17, 15) is 0 Å². The Balaban J connectivity index is 1.83. The van der Waals surface area contributed by atoms with Gasteiger partial charge in [0, 0.05) is 25.3 Å². The summed E-state index contributed by atoms with van der Waals surface area (Å²) in [6, 6.07) is 5.00. The van der Waals surface area contributed by atoms with Crippen LogP contribution in [0.1, 0.15) is 31.0 Å². The predicted octanol–water partition coefficient (Wildman–Crippen LogP) is 1.79. The van der Waals surface area contributed by atoms with Gasteiger partial charge >= 0.3 is 0 Å². The Hall–Kier alpha value is -1.37. The fraction of sp³-hybridized carbons (Fsp3) is 0.533. The average molecular weight is 243 g/mol. The third-order valence-corrected chi connectivity index (χ3v) is 3.21. The van der Waals surface area contributed by atoms with Gasteiger partial charge in [-0.25, -0.2) is 0 Å². The van der Waals surface area contributed by atoms with Gasteiger partial charge in [-0.05, 0) is 31.0 Å². The molecule has 0 bridgehead atoms. The predicted molar refractivity (Wildman–Crippen MR) is 73.9 cm³/mol. The maximum atomic E-state index is 5.34. The van der Waals surface area contributed by atoms with Crippen molar-refractivity contribution in [2.24, 2.45) is 0 Å². The Bertz CT molecular complexity index is 401. The summed E-state index contributed by atoms with van der Waals surface area (Å²) in [5.41, 5.74) is 2.34. The summed E-state index contributed by atoms with van der Waals surface area (Å²) in [6.45, 7) is 5.52. The Morgan fingerprint density at radius 3 is 2.89 bits per heavy atom. The first-order valence-electron chi connectivity index (χ1n) is 6.65. The number of aromatic nitrogens is 1. The van der Waals surface area contributed by atoms with Gasteiger partial charge in [0.25, 0.3) is 0 Å². The summed E-state index contributed by atoms with van der Waals surface area (Å²) in [4.78, 5) is 6.70. The van der Waals surface area contributed by atoms with Crippen molar-refractivity contribution in [2.75, 3.05) is 13.1 Å². The van der Waals surface area contributed by atoms with E-state index in [4.69, 9.17) is 6.42 Å². The molecule has 0 spiro atoms. The molecule has 0 aromatic carbocycles. The van der Waals surface area contributed by atoms with Gasteiger partial charge in [-0.2, -0.15) is 0 Å². The summed E-state index contributed by atoms with van der Waals surface area (Å²) >= 11 is 0. The SMILES string of the molecule is C#CCN(CC)Cc1ccc(CNC2CC2)cn1. The van der Waals surface area contributed by atoms with Crippen molar-refractivity contribution < 1.29 is 0 Å². The molecule has 3 heteroatoms. The van der Waals surface area contributed by atoms with Gasteiger partial charge in [0.2, 0.25) is 0 Å². The van der Waals surface area contributed by atoms with Crippen LogP contribution < -0.4 is 5.32 Å². The molecule has 1 heterocycles. The zero-order valence-corrected chi connectivity index (χ0v) is 11.0. The highest BCUT2D eigenvalue weighted by molar-refractivity contribution is 5.14. The second-order valence-corrected chi connectivity index (χ2v) is 4.82. The van der Waals surface area contributed by atoms with Gasteiger partial charge in [-0.3, -0.25) is 9.88 Å². The van der Waals surface area contributed by atoms with E-state index in [2.05, 4.69) is 40.2 Å². The highest BCUT2D eigenvalue weighted by Gasteiger charge is 2.19. The van der Waals surface area contributed by atoms with E-state index >= 15 is 0 Å². The molecule has 1 aromatic heterocycles. The fourth-order valence-electron chi connectivity index (χ4n) is 1.84. The molecule has 0 saturated heterocycles. The van der Waals surface area contributed by atoms with Crippen LogP contribution in [0.4, 0.5) is 0 Å². The summed E-state index contributed by atoms with van der Waals surface area (Å²) in [5, 5.41) is 3.49. The normalized spacial score (nSPS) is 14.7. The highest BCUT2D eigenvalue weighted by atomic mass is 15.1. The van der Waals surface area contributed by atoms with Gasteiger partial charge in [-0.15, -0.1) is 6.42 Å². The largest absolute Gasteiger partial charge is 0.310 e. The second-order valence-electron chi connectivity index (χ2n) is 4.82. The van der Waals surface area contributed by atoms with E-state index in [1.165, 1.54) is 18.4 Å². The molecule has 0 unspecified atom stereocenters.